The maximum absolute atomic E-state index is 13.9. The van der Waals surface area contributed by atoms with Gasteiger partial charge in [-0.25, -0.2) is 0 Å². The Morgan fingerprint density at radius 2 is 1.86 bits per heavy atom. The summed E-state index contributed by atoms with van der Waals surface area (Å²) < 4.78 is 0. The van der Waals surface area contributed by atoms with E-state index >= 15 is 0 Å². The zero-order chi connectivity index (χ0) is 25.2. The summed E-state index contributed by atoms with van der Waals surface area (Å²) in [5.74, 6) is 0.0358. The summed E-state index contributed by atoms with van der Waals surface area (Å²) in [6, 6.07) is 19.0. The molecule has 5 nitrogen and oxygen atoms in total. The summed E-state index contributed by atoms with van der Waals surface area (Å²) in [6.07, 6.45) is 3.12. The lowest BCUT2D eigenvalue weighted by molar-refractivity contribution is -0.145. The van der Waals surface area contributed by atoms with Crippen LogP contribution in [0.1, 0.15) is 64.3 Å². The number of H-pyrrole nitrogens is 1. The molecule has 6 rings (SSSR count). The molecule has 2 heterocycles. The zero-order valence-electron chi connectivity index (χ0n) is 21.8. The highest BCUT2D eigenvalue weighted by Gasteiger charge is 2.64. The standard InChI is InChI=1S/C31H37N3O2/c1-20(2)34(19-22-10-6-5-7-11-22)29(35)28-21(3)24-17-31(36)27-16-23-12-8-9-13-25(23)30(31,14-15-33(27)4)18-26(24)32-28/h5-13,20,27,32,36H,14-19H2,1-4H3/t27-,30-,31-/m1/s1. The van der Waals surface area contributed by atoms with Gasteiger partial charge in [-0.3, -0.25) is 4.79 Å². The maximum atomic E-state index is 13.9. The molecule has 36 heavy (non-hydrogen) atoms. The molecule has 188 valence electrons. The number of carbonyl (C=O) groups excluding carboxylic acids is 1. The minimum absolute atomic E-state index is 0.0358. The monoisotopic (exact) mass is 483 g/mol. The lowest BCUT2D eigenvalue weighted by Gasteiger charge is -2.63. The average Bonchev–Trinajstić information content (AvgIpc) is 3.18. The number of benzene rings is 2. The first-order valence-electron chi connectivity index (χ1n) is 13.3. The van der Waals surface area contributed by atoms with E-state index in [1.807, 2.05) is 23.1 Å². The molecule has 2 aromatic carbocycles. The van der Waals surface area contributed by atoms with E-state index in [9.17, 15) is 9.90 Å². The number of carbonyl (C=O) groups is 1. The normalized spacial score (nSPS) is 26.8. The molecule has 0 spiro atoms. The molecule has 3 aliphatic rings. The SMILES string of the molecule is Cc1c(C(=O)N(Cc2ccccc2)C(C)C)[nH]c2c1C[C@@]1(O)[C@H]3Cc4ccccc4[C@@]1(CCN3C)C2. The number of amides is 1. The Morgan fingerprint density at radius 1 is 1.14 bits per heavy atom. The van der Waals surface area contributed by atoms with Gasteiger partial charge < -0.3 is 19.9 Å². The fraction of sp³-hybridized carbons (Fsp3) is 0.452. The van der Waals surface area contributed by atoms with Crippen molar-refractivity contribution < 1.29 is 9.90 Å². The summed E-state index contributed by atoms with van der Waals surface area (Å²) in [5.41, 5.74) is 6.55. The lowest BCUT2D eigenvalue weighted by Crippen LogP contribution is -2.73. The van der Waals surface area contributed by atoms with Gasteiger partial charge in [-0.15, -0.1) is 0 Å². The highest BCUT2D eigenvalue weighted by molar-refractivity contribution is 5.95. The molecule has 2 bridgehead atoms. The van der Waals surface area contributed by atoms with Crippen LogP contribution in [0.15, 0.2) is 54.6 Å². The van der Waals surface area contributed by atoms with Gasteiger partial charge in [0.25, 0.3) is 5.91 Å². The molecule has 0 radical (unpaired) electrons. The Kier molecular flexibility index (Phi) is 5.43. The van der Waals surface area contributed by atoms with E-state index in [0.29, 0.717) is 18.7 Å². The summed E-state index contributed by atoms with van der Waals surface area (Å²) in [6.45, 7) is 7.76. The highest BCUT2D eigenvalue weighted by atomic mass is 16.3. The summed E-state index contributed by atoms with van der Waals surface area (Å²) >= 11 is 0. The molecule has 0 unspecified atom stereocenters. The van der Waals surface area contributed by atoms with E-state index in [-0.39, 0.29) is 23.4 Å². The van der Waals surface area contributed by atoms with Crippen molar-refractivity contribution >= 4 is 5.91 Å². The fourth-order valence-electron chi connectivity index (χ4n) is 7.40. The topological polar surface area (TPSA) is 59.6 Å². The van der Waals surface area contributed by atoms with Gasteiger partial charge in [0.2, 0.25) is 0 Å². The van der Waals surface area contributed by atoms with Crippen LogP contribution in [0.2, 0.25) is 0 Å². The quantitative estimate of drug-likeness (QED) is 0.578. The van der Waals surface area contributed by atoms with Crippen LogP contribution < -0.4 is 0 Å². The highest BCUT2D eigenvalue weighted by Crippen LogP contribution is 2.57. The van der Waals surface area contributed by atoms with Gasteiger partial charge in [-0.2, -0.15) is 0 Å². The number of nitrogens with one attached hydrogen (secondary N) is 1. The molecule has 1 aliphatic heterocycles. The van der Waals surface area contributed by atoms with Crippen LogP contribution >= 0.6 is 0 Å². The van der Waals surface area contributed by atoms with Gasteiger partial charge in [-0.05, 0) is 75.0 Å². The van der Waals surface area contributed by atoms with Crippen LogP contribution in [0.5, 0.6) is 0 Å². The summed E-state index contributed by atoms with van der Waals surface area (Å²) in [5, 5.41) is 12.5. The van der Waals surface area contributed by atoms with Gasteiger partial charge in [0, 0.05) is 42.6 Å². The number of nitrogens with zero attached hydrogens (tertiary/aromatic N) is 2. The number of piperidine rings is 1. The first-order chi connectivity index (χ1) is 17.2. The molecular formula is C31H37N3O2. The van der Waals surface area contributed by atoms with E-state index in [1.54, 1.807) is 0 Å². The van der Waals surface area contributed by atoms with Crippen molar-refractivity contribution in [3.8, 4) is 0 Å². The number of likely N-dealkylation sites (N-methyl/N-ethyl adjacent to an activating group) is 1. The minimum atomic E-state index is -0.851. The van der Waals surface area contributed by atoms with Crippen LogP contribution in [0, 0.1) is 6.92 Å². The maximum Gasteiger partial charge on any atom is 0.271 e. The van der Waals surface area contributed by atoms with Crippen LogP contribution in [0.25, 0.3) is 0 Å². The van der Waals surface area contributed by atoms with E-state index in [0.717, 1.165) is 48.2 Å². The van der Waals surface area contributed by atoms with E-state index in [2.05, 4.69) is 74.1 Å². The van der Waals surface area contributed by atoms with Crippen molar-refractivity contribution in [2.24, 2.45) is 0 Å². The van der Waals surface area contributed by atoms with Crippen LogP contribution in [-0.2, 0) is 31.2 Å². The Morgan fingerprint density at radius 3 is 2.61 bits per heavy atom. The number of rotatable bonds is 4. The first kappa shape index (κ1) is 23.5. The number of hydrogen-bond acceptors (Lipinski definition) is 3. The predicted molar refractivity (Wildman–Crippen MR) is 142 cm³/mol. The Hall–Kier alpha value is -2.89. The van der Waals surface area contributed by atoms with Gasteiger partial charge in [0.15, 0.2) is 0 Å². The first-order valence-corrected chi connectivity index (χ1v) is 13.3. The van der Waals surface area contributed by atoms with Crippen molar-refractivity contribution in [1.29, 1.82) is 0 Å². The van der Waals surface area contributed by atoms with Gasteiger partial charge in [0.1, 0.15) is 5.69 Å². The van der Waals surface area contributed by atoms with Crippen LogP contribution in [0.4, 0.5) is 0 Å². The lowest BCUT2D eigenvalue weighted by atomic mass is 9.49. The number of aliphatic hydroxyl groups is 1. The van der Waals surface area contributed by atoms with Crippen molar-refractivity contribution in [1.82, 2.24) is 14.8 Å². The van der Waals surface area contributed by atoms with E-state index < -0.39 is 5.60 Å². The number of aromatic amines is 1. The molecule has 0 saturated carbocycles. The van der Waals surface area contributed by atoms with Crippen molar-refractivity contribution in [3.05, 3.63) is 93.8 Å². The van der Waals surface area contributed by atoms with E-state index in [4.69, 9.17) is 0 Å². The largest absolute Gasteiger partial charge is 0.387 e. The molecule has 5 heteroatoms. The minimum Gasteiger partial charge on any atom is -0.387 e. The molecule has 1 saturated heterocycles. The van der Waals surface area contributed by atoms with Crippen molar-refractivity contribution in [3.63, 3.8) is 0 Å². The predicted octanol–water partition coefficient (Wildman–Crippen LogP) is 4.40. The molecular weight excluding hydrogens is 446 g/mol. The van der Waals surface area contributed by atoms with Crippen molar-refractivity contribution in [2.75, 3.05) is 13.6 Å². The Bertz CT molecular complexity index is 1310. The second kappa shape index (κ2) is 8.32. The van der Waals surface area contributed by atoms with Gasteiger partial charge in [-0.1, -0.05) is 54.6 Å². The summed E-state index contributed by atoms with van der Waals surface area (Å²) in [4.78, 5) is 21.8. The number of likely N-dealkylation sites (tertiary alicyclic amines) is 1. The van der Waals surface area contributed by atoms with E-state index in [1.165, 1.54) is 11.1 Å². The van der Waals surface area contributed by atoms with Crippen LogP contribution in [0.3, 0.4) is 0 Å². The molecule has 1 amide bonds. The Balaban J connectivity index is 1.42. The number of aromatic nitrogens is 1. The molecule has 1 aromatic heterocycles. The van der Waals surface area contributed by atoms with Gasteiger partial charge in [0.05, 0.1) is 5.60 Å². The molecule has 1 fully saturated rings. The smallest absolute Gasteiger partial charge is 0.271 e. The number of hydrogen-bond donors (Lipinski definition) is 2. The third-order valence-electron chi connectivity index (χ3n) is 9.44. The molecule has 3 atom stereocenters. The fourth-order valence-corrected chi connectivity index (χ4v) is 7.40. The van der Waals surface area contributed by atoms with Gasteiger partial charge >= 0.3 is 0 Å². The third kappa shape index (κ3) is 3.25. The second-order valence-electron chi connectivity index (χ2n) is 11.6. The molecule has 2 N–H and O–H groups in total. The molecule has 3 aromatic rings. The Labute approximate surface area is 214 Å². The molecule has 2 aliphatic carbocycles. The number of fused-ring (bicyclic) bond motifs is 2. The average molecular weight is 484 g/mol. The summed E-state index contributed by atoms with van der Waals surface area (Å²) in [7, 11) is 2.15. The second-order valence-corrected chi connectivity index (χ2v) is 11.6. The van der Waals surface area contributed by atoms with Crippen LogP contribution in [-0.4, -0.2) is 57.1 Å². The zero-order valence-corrected chi connectivity index (χ0v) is 21.8. The van der Waals surface area contributed by atoms with Crippen molar-refractivity contribution in [2.45, 2.75) is 76.1 Å². The third-order valence-corrected chi connectivity index (χ3v) is 9.44.